The minimum Gasteiger partial charge on any atom is -0.392 e. The average Bonchev–Trinajstić information content (AvgIpc) is 2.94. The molecule has 0 spiro atoms. The largest absolute Gasteiger partial charge is 0.392 e. The summed E-state index contributed by atoms with van der Waals surface area (Å²) in [6.45, 7) is 3.79. The Morgan fingerprint density at radius 1 is 1.20 bits per heavy atom. The number of β-amino-alcohol motifs (C(OH)–C–C–N with tert-alkyl or cyclic N) is 1. The molecule has 2 aliphatic rings. The van der Waals surface area contributed by atoms with Crippen molar-refractivity contribution in [2.24, 2.45) is 0 Å². The summed E-state index contributed by atoms with van der Waals surface area (Å²) in [5.74, 6) is 0.906. The highest BCUT2D eigenvalue weighted by Gasteiger charge is 2.30. The van der Waals surface area contributed by atoms with Gasteiger partial charge < -0.3 is 10.0 Å². The van der Waals surface area contributed by atoms with Crippen molar-refractivity contribution in [3.05, 3.63) is 23.9 Å². The van der Waals surface area contributed by atoms with E-state index in [9.17, 15) is 5.11 Å². The Morgan fingerprint density at radius 2 is 2.00 bits per heavy atom. The van der Waals surface area contributed by atoms with Crippen molar-refractivity contribution in [1.29, 1.82) is 5.26 Å². The zero-order valence-corrected chi connectivity index (χ0v) is 11.6. The van der Waals surface area contributed by atoms with Gasteiger partial charge in [0.2, 0.25) is 0 Å². The van der Waals surface area contributed by atoms with Crippen LogP contribution in [-0.4, -0.2) is 53.3 Å². The van der Waals surface area contributed by atoms with Gasteiger partial charge in [0.25, 0.3) is 0 Å². The van der Waals surface area contributed by atoms with Crippen LogP contribution in [0.1, 0.15) is 25.0 Å². The van der Waals surface area contributed by atoms with Crippen molar-refractivity contribution >= 4 is 5.82 Å². The topological polar surface area (TPSA) is 63.4 Å². The normalized spacial score (nSPS) is 24.8. The van der Waals surface area contributed by atoms with E-state index in [0.29, 0.717) is 11.7 Å². The molecule has 3 heterocycles. The first kappa shape index (κ1) is 13.3. The summed E-state index contributed by atoms with van der Waals surface area (Å²) in [6.07, 6.45) is 2.98. The molecule has 3 rings (SSSR count). The number of hydrogen-bond acceptors (Lipinski definition) is 5. The van der Waals surface area contributed by atoms with E-state index in [1.54, 1.807) is 6.07 Å². The molecule has 20 heavy (non-hydrogen) atoms. The zero-order chi connectivity index (χ0) is 13.9. The standard InChI is InChI=1S/C15H20N4O/c16-10-12-2-1-3-15(17-12)18-7-4-13(5-8-18)19-9-6-14(20)11-19/h1-3,13-14,20H,4-9,11H2. The molecule has 5 heteroatoms. The van der Waals surface area contributed by atoms with E-state index in [1.807, 2.05) is 12.1 Å². The van der Waals surface area contributed by atoms with Crippen LogP contribution in [0.5, 0.6) is 0 Å². The number of aromatic nitrogens is 1. The van der Waals surface area contributed by atoms with Gasteiger partial charge in [0, 0.05) is 32.2 Å². The third-order valence-electron chi connectivity index (χ3n) is 4.35. The molecule has 0 aliphatic carbocycles. The van der Waals surface area contributed by atoms with E-state index in [2.05, 4.69) is 20.9 Å². The second-order valence-corrected chi connectivity index (χ2v) is 5.65. The third kappa shape index (κ3) is 2.77. The Bertz CT molecular complexity index is 505. The molecular weight excluding hydrogens is 252 g/mol. The van der Waals surface area contributed by atoms with E-state index in [1.165, 1.54) is 0 Å². The number of piperidine rings is 1. The smallest absolute Gasteiger partial charge is 0.142 e. The van der Waals surface area contributed by atoms with E-state index < -0.39 is 0 Å². The van der Waals surface area contributed by atoms with Gasteiger partial charge >= 0.3 is 0 Å². The van der Waals surface area contributed by atoms with Crippen molar-refractivity contribution in [3.63, 3.8) is 0 Å². The highest BCUT2D eigenvalue weighted by atomic mass is 16.3. The van der Waals surface area contributed by atoms with Crippen LogP contribution in [0.2, 0.25) is 0 Å². The molecule has 0 radical (unpaired) electrons. The maximum Gasteiger partial charge on any atom is 0.142 e. The summed E-state index contributed by atoms with van der Waals surface area (Å²) in [7, 11) is 0. The lowest BCUT2D eigenvalue weighted by atomic mass is 10.0. The van der Waals surface area contributed by atoms with Crippen molar-refractivity contribution in [2.45, 2.75) is 31.4 Å². The number of hydrogen-bond donors (Lipinski definition) is 1. The molecule has 1 N–H and O–H groups in total. The first-order valence-electron chi connectivity index (χ1n) is 7.30. The molecule has 0 amide bonds. The number of likely N-dealkylation sites (tertiary alicyclic amines) is 1. The van der Waals surface area contributed by atoms with Gasteiger partial charge in [-0.3, -0.25) is 4.90 Å². The summed E-state index contributed by atoms with van der Waals surface area (Å²) >= 11 is 0. The van der Waals surface area contributed by atoms with Crippen LogP contribution >= 0.6 is 0 Å². The number of anilines is 1. The summed E-state index contributed by atoms with van der Waals surface area (Å²) in [5, 5.41) is 18.5. The molecule has 106 valence electrons. The van der Waals surface area contributed by atoms with Crippen molar-refractivity contribution < 1.29 is 5.11 Å². The molecule has 0 aromatic carbocycles. The van der Waals surface area contributed by atoms with Crippen LogP contribution in [0.15, 0.2) is 18.2 Å². The molecule has 1 aromatic heterocycles. The van der Waals surface area contributed by atoms with Crippen molar-refractivity contribution in [3.8, 4) is 6.07 Å². The molecule has 1 aromatic rings. The Balaban J connectivity index is 1.59. The van der Waals surface area contributed by atoms with Gasteiger partial charge in [-0.2, -0.15) is 5.26 Å². The van der Waals surface area contributed by atoms with Crippen molar-refractivity contribution in [1.82, 2.24) is 9.88 Å². The summed E-state index contributed by atoms with van der Waals surface area (Å²) < 4.78 is 0. The van der Waals surface area contributed by atoms with Gasteiger partial charge in [-0.1, -0.05) is 6.07 Å². The van der Waals surface area contributed by atoms with E-state index in [0.717, 1.165) is 51.3 Å². The Hall–Kier alpha value is -1.64. The summed E-state index contributed by atoms with van der Waals surface area (Å²) in [6, 6.07) is 8.28. The highest BCUT2D eigenvalue weighted by Crippen LogP contribution is 2.24. The molecule has 1 unspecified atom stereocenters. The second-order valence-electron chi connectivity index (χ2n) is 5.65. The molecule has 2 aliphatic heterocycles. The summed E-state index contributed by atoms with van der Waals surface area (Å²) in [4.78, 5) is 9.03. The number of nitrogens with zero attached hydrogens (tertiary/aromatic N) is 4. The minimum atomic E-state index is -0.137. The van der Waals surface area contributed by atoms with Gasteiger partial charge in [-0.05, 0) is 31.4 Å². The lowest BCUT2D eigenvalue weighted by molar-refractivity contribution is 0.148. The maximum atomic E-state index is 9.63. The average molecular weight is 272 g/mol. The van der Waals surface area contributed by atoms with Crippen LogP contribution in [0.25, 0.3) is 0 Å². The quantitative estimate of drug-likeness (QED) is 0.870. The lowest BCUT2D eigenvalue weighted by Crippen LogP contribution is -2.44. The predicted molar refractivity (Wildman–Crippen MR) is 76.4 cm³/mol. The number of pyridine rings is 1. The number of rotatable bonds is 2. The Morgan fingerprint density at radius 3 is 2.65 bits per heavy atom. The summed E-state index contributed by atoms with van der Waals surface area (Å²) in [5.41, 5.74) is 0.479. The minimum absolute atomic E-state index is 0.137. The van der Waals surface area contributed by atoms with E-state index >= 15 is 0 Å². The van der Waals surface area contributed by atoms with E-state index in [4.69, 9.17) is 5.26 Å². The second kappa shape index (κ2) is 5.78. The molecular formula is C15H20N4O. The first-order chi connectivity index (χ1) is 9.76. The van der Waals surface area contributed by atoms with Gasteiger partial charge in [0.1, 0.15) is 17.6 Å². The predicted octanol–water partition coefficient (Wildman–Crippen LogP) is 0.989. The van der Waals surface area contributed by atoms with Crippen LogP contribution in [0.3, 0.4) is 0 Å². The number of aliphatic hydroxyl groups is 1. The first-order valence-corrected chi connectivity index (χ1v) is 7.30. The zero-order valence-electron chi connectivity index (χ0n) is 11.6. The monoisotopic (exact) mass is 272 g/mol. The van der Waals surface area contributed by atoms with Crippen LogP contribution < -0.4 is 4.90 Å². The third-order valence-corrected chi connectivity index (χ3v) is 4.35. The van der Waals surface area contributed by atoms with Crippen molar-refractivity contribution in [2.75, 3.05) is 31.1 Å². The van der Waals surface area contributed by atoms with Crippen LogP contribution in [0, 0.1) is 11.3 Å². The van der Waals surface area contributed by atoms with Gasteiger partial charge in [-0.25, -0.2) is 4.98 Å². The molecule has 1 atom stereocenters. The fourth-order valence-corrected chi connectivity index (χ4v) is 3.22. The lowest BCUT2D eigenvalue weighted by Gasteiger charge is -2.37. The molecule has 0 saturated carbocycles. The molecule has 0 bridgehead atoms. The number of aliphatic hydroxyl groups excluding tert-OH is 1. The number of nitriles is 1. The van der Waals surface area contributed by atoms with Crippen LogP contribution in [0.4, 0.5) is 5.82 Å². The van der Waals surface area contributed by atoms with Crippen LogP contribution in [-0.2, 0) is 0 Å². The highest BCUT2D eigenvalue weighted by molar-refractivity contribution is 5.42. The fraction of sp³-hybridized carbons (Fsp3) is 0.600. The van der Waals surface area contributed by atoms with E-state index in [-0.39, 0.29) is 6.10 Å². The molecule has 2 fully saturated rings. The maximum absolute atomic E-state index is 9.63. The van der Waals surface area contributed by atoms with Gasteiger partial charge in [0.15, 0.2) is 0 Å². The Kier molecular flexibility index (Phi) is 3.86. The molecule has 2 saturated heterocycles. The SMILES string of the molecule is N#Cc1cccc(N2CCC(N3CCC(O)C3)CC2)n1. The molecule has 5 nitrogen and oxygen atoms in total. The Labute approximate surface area is 119 Å². The van der Waals surface area contributed by atoms with Gasteiger partial charge in [0.05, 0.1) is 6.10 Å². The van der Waals surface area contributed by atoms with Gasteiger partial charge in [-0.15, -0.1) is 0 Å². The fourth-order valence-electron chi connectivity index (χ4n) is 3.22.